The summed E-state index contributed by atoms with van der Waals surface area (Å²) in [6, 6.07) is 0. The number of esters is 4. The molecule has 0 radical (unpaired) electrons. The van der Waals surface area contributed by atoms with E-state index < -0.39 is 97.5 Å². The Balaban J connectivity index is 5.19. The number of ether oxygens (including phenoxy) is 4. The highest BCUT2D eigenvalue weighted by Crippen LogP contribution is 2.45. The molecule has 0 heterocycles. The van der Waals surface area contributed by atoms with Gasteiger partial charge in [-0.25, -0.2) is 9.13 Å². The van der Waals surface area contributed by atoms with Crippen molar-refractivity contribution in [1.82, 2.24) is 0 Å². The average Bonchev–Trinajstić information content (AvgIpc) is 1.01. The number of aliphatic hydroxyl groups is 1. The molecule has 0 aliphatic carbocycles. The standard InChI is InChI=1S/C84H164O17P2/c1-9-77(8)63-55-47-38-32-26-20-14-12-10-11-13-15-21-28-34-40-50-58-66-84(89)101-80(71-95-82(87)65-57-49-43-42-46-54-62-76(6)7)73-99-103(92,93)97-69-78(85)68-96-102(90,91)98-72-79(100-83(88)67-59-51-41-35-29-23-17-19-25-31-37-45-53-61-75(4)5)70-94-81(86)64-56-48-39-33-27-22-16-18-24-30-36-44-52-60-74(2)3/h74-80,85H,9-73H2,1-8H3,(H,90,91)(H,92,93)/t77?,78-,79-,80-/m1/s1. The van der Waals surface area contributed by atoms with Gasteiger partial charge in [-0.2, -0.15) is 0 Å². The Kier molecular flexibility index (Phi) is 71.5. The van der Waals surface area contributed by atoms with E-state index in [1.54, 1.807) is 0 Å². The lowest BCUT2D eigenvalue weighted by molar-refractivity contribution is -0.161. The van der Waals surface area contributed by atoms with Gasteiger partial charge in [0, 0.05) is 25.7 Å². The van der Waals surface area contributed by atoms with E-state index in [0.717, 1.165) is 114 Å². The Bertz CT molecular complexity index is 2010. The summed E-state index contributed by atoms with van der Waals surface area (Å²) < 4.78 is 68.8. The summed E-state index contributed by atoms with van der Waals surface area (Å²) in [6.07, 6.45) is 61.2. The van der Waals surface area contributed by atoms with Crippen LogP contribution >= 0.6 is 15.6 Å². The third-order valence-electron chi connectivity index (χ3n) is 19.9. The van der Waals surface area contributed by atoms with Crippen LogP contribution < -0.4 is 0 Å². The maximum Gasteiger partial charge on any atom is 0.472 e. The molecule has 0 rings (SSSR count). The van der Waals surface area contributed by atoms with Gasteiger partial charge < -0.3 is 33.8 Å². The summed E-state index contributed by atoms with van der Waals surface area (Å²) in [5.74, 6) is 1.02. The predicted octanol–water partition coefficient (Wildman–Crippen LogP) is 25.2. The van der Waals surface area contributed by atoms with E-state index in [9.17, 15) is 43.2 Å². The molecular formula is C84H164O17P2. The number of phosphoric ester groups is 2. The SMILES string of the molecule is CCC(C)CCCCCCCCCCCCCCCCCCCCC(=O)O[C@H](COC(=O)CCCCCCCCC(C)C)COP(=O)(O)OC[C@H](O)COP(=O)(O)OC[C@@H](COC(=O)CCCCCCCCCCCCCCCC(C)C)OC(=O)CCCCCCCCCCCCCCCC(C)C. The third kappa shape index (κ3) is 76.6. The number of hydrogen-bond acceptors (Lipinski definition) is 15. The molecular weight excluding hydrogens is 1340 g/mol. The fourth-order valence-electron chi connectivity index (χ4n) is 12.9. The first kappa shape index (κ1) is 101. The second kappa shape index (κ2) is 72.9. The maximum absolute atomic E-state index is 13.1. The number of hydrogen-bond donors (Lipinski definition) is 3. The van der Waals surface area contributed by atoms with E-state index >= 15 is 0 Å². The van der Waals surface area contributed by atoms with Crippen molar-refractivity contribution in [3.8, 4) is 0 Å². The van der Waals surface area contributed by atoms with Crippen molar-refractivity contribution < 1.29 is 80.2 Å². The van der Waals surface area contributed by atoms with E-state index in [1.807, 2.05) is 0 Å². The van der Waals surface area contributed by atoms with Crippen LogP contribution in [0.25, 0.3) is 0 Å². The van der Waals surface area contributed by atoms with Crippen molar-refractivity contribution in [3.05, 3.63) is 0 Å². The van der Waals surface area contributed by atoms with E-state index in [2.05, 4.69) is 55.4 Å². The van der Waals surface area contributed by atoms with Gasteiger partial charge in [-0.05, 0) is 49.4 Å². The summed E-state index contributed by atoms with van der Waals surface area (Å²) in [5.41, 5.74) is 0. The van der Waals surface area contributed by atoms with E-state index in [4.69, 9.17) is 37.0 Å². The lowest BCUT2D eigenvalue weighted by Gasteiger charge is -2.21. The van der Waals surface area contributed by atoms with Crippen molar-refractivity contribution in [2.75, 3.05) is 39.6 Å². The van der Waals surface area contributed by atoms with Crippen molar-refractivity contribution in [2.24, 2.45) is 23.7 Å². The molecule has 0 aliphatic rings. The van der Waals surface area contributed by atoms with Gasteiger partial charge in [0.2, 0.25) is 0 Å². The molecule has 3 unspecified atom stereocenters. The predicted molar refractivity (Wildman–Crippen MR) is 423 cm³/mol. The summed E-state index contributed by atoms with van der Waals surface area (Å²) in [6.45, 7) is 14.3. The second-order valence-corrected chi connectivity index (χ2v) is 34.8. The van der Waals surface area contributed by atoms with Crippen LogP contribution in [0.15, 0.2) is 0 Å². The van der Waals surface area contributed by atoms with Gasteiger partial charge in [0.25, 0.3) is 0 Å². The Morgan fingerprint density at radius 1 is 0.272 bits per heavy atom. The Morgan fingerprint density at radius 3 is 0.689 bits per heavy atom. The van der Waals surface area contributed by atoms with Gasteiger partial charge in [0.1, 0.15) is 19.3 Å². The van der Waals surface area contributed by atoms with Crippen LogP contribution in [-0.2, 0) is 65.4 Å². The summed E-state index contributed by atoms with van der Waals surface area (Å²) >= 11 is 0. The fourth-order valence-corrected chi connectivity index (χ4v) is 14.5. The molecule has 6 atom stereocenters. The van der Waals surface area contributed by atoms with Crippen molar-refractivity contribution in [3.63, 3.8) is 0 Å². The zero-order valence-electron chi connectivity index (χ0n) is 68.0. The molecule has 0 amide bonds. The van der Waals surface area contributed by atoms with Crippen LogP contribution in [0.5, 0.6) is 0 Å². The quantitative estimate of drug-likeness (QED) is 0.0222. The summed E-state index contributed by atoms with van der Waals surface area (Å²) in [5, 5.41) is 10.7. The first-order valence-electron chi connectivity index (χ1n) is 43.2. The highest BCUT2D eigenvalue weighted by Gasteiger charge is 2.30. The van der Waals surface area contributed by atoms with Gasteiger partial charge in [-0.1, -0.05) is 383 Å². The molecule has 0 saturated carbocycles. The number of carbonyl (C=O) groups excluding carboxylic acids is 4. The van der Waals surface area contributed by atoms with E-state index in [1.165, 1.54) is 231 Å². The largest absolute Gasteiger partial charge is 0.472 e. The molecule has 17 nitrogen and oxygen atoms in total. The molecule has 0 spiro atoms. The molecule has 0 aromatic carbocycles. The number of carbonyl (C=O) groups is 4. The van der Waals surface area contributed by atoms with Crippen LogP contribution in [0, 0.1) is 23.7 Å². The van der Waals surface area contributed by atoms with Crippen molar-refractivity contribution in [1.29, 1.82) is 0 Å². The van der Waals surface area contributed by atoms with Gasteiger partial charge in [-0.15, -0.1) is 0 Å². The van der Waals surface area contributed by atoms with Crippen LogP contribution in [0.3, 0.4) is 0 Å². The zero-order valence-corrected chi connectivity index (χ0v) is 69.7. The molecule has 103 heavy (non-hydrogen) atoms. The van der Waals surface area contributed by atoms with E-state index in [-0.39, 0.29) is 25.7 Å². The van der Waals surface area contributed by atoms with Gasteiger partial charge in [-0.3, -0.25) is 37.3 Å². The van der Waals surface area contributed by atoms with Crippen LogP contribution in [0.2, 0.25) is 0 Å². The first-order chi connectivity index (χ1) is 49.6. The number of rotatable bonds is 81. The van der Waals surface area contributed by atoms with Crippen LogP contribution in [0.4, 0.5) is 0 Å². The smallest absolute Gasteiger partial charge is 0.462 e. The lowest BCUT2D eigenvalue weighted by atomic mass is 9.99. The summed E-state index contributed by atoms with van der Waals surface area (Å²) in [4.78, 5) is 73.1. The third-order valence-corrected chi connectivity index (χ3v) is 21.8. The molecule has 0 aromatic rings. The minimum absolute atomic E-state index is 0.107. The molecule has 612 valence electrons. The average molecular weight is 1510 g/mol. The number of phosphoric acid groups is 2. The van der Waals surface area contributed by atoms with Gasteiger partial charge >= 0.3 is 39.5 Å². The molecule has 0 saturated heterocycles. The monoisotopic (exact) mass is 1510 g/mol. The Morgan fingerprint density at radius 2 is 0.466 bits per heavy atom. The van der Waals surface area contributed by atoms with Crippen molar-refractivity contribution >= 4 is 39.5 Å². The second-order valence-electron chi connectivity index (χ2n) is 31.9. The molecule has 0 aromatic heterocycles. The highest BCUT2D eigenvalue weighted by atomic mass is 31.2. The highest BCUT2D eigenvalue weighted by molar-refractivity contribution is 7.47. The minimum Gasteiger partial charge on any atom is -0.462 e. The topological polar surface area (TPSA) is 237 Å². The van der Waals surface area contributed by atoms with Crippen molar-refractivity contribution in [2.45, 2.75) is 453 Å². The number of aliphatic hydroxyl groups excluding tert-OH is 1. The Hall–Kier alpha value is -1.94. The molecule has 3 N–H and O–H groups in total. The van der Waals surface area contributed by atoms with E-state index in [0.29, 0.717) is 31.6 Å². The Labute approximate surface area is 632 Å². The zero-order chi connectivity index (χ0) is 76.0. The van der Waals surface area contributed by atoms with Crippen LogP contribution in [0.1, 0.15) is 434 Å². The minimum atomic E-state index is -4.96. The number of unbranched alkanes of at least 4 members (excludes halogenated alkanes) is 46. The molecule has 0 aliphatic heterocycles. The van der Waals surface area contributed by atoms with Crippen LogP contribution in [-0.4, -0.2) is 96.7 Å². The van der Waals surface area contributed by atoms with Gasteiger partial charge in [0.15, 0.2) is 12.2 Å². The fraction of sp³-hybridized carbons (Fsp3) is 0.952. The first-order valence-corrected chi connectivity index (χ1v) is 46.2. The summed E-state index contributed by atoms with van der Waals surface area (Å²) in [7, 11) is -9.93. The molecule has 19 heteroatoms. The van der Waals surface area contributed by atoms with Gasteiger partial charge in [0.05, 0.1) is 26.4 Å². The maximum atomic E-state index is 13.1. The molecule has 0 bridgehead atoms. The molecule has 0 fully saturated rings. The normalized spacial score (nSPS) is 14.2. The lowest BCUT2D eigenvalue weighted by Crippen LogP contribution is -2.30.